The molecule has 0 spiro atoms. The van der Waals surface area contributed by atoms with Gasteiger partial charge in [-0.25, -0.2) is 13.4 Å². The van der Waals surface area contributed by atoms with Crippen molar-refractivity contribution in [1.29, 1.82) is 0 Å². The Labute approximate surface area is 104 Å². The van der Waals surface area contributed by atoms with Gasteiger partial charge in [0.25, 0.3) is 10.0 Å². The first-order valence-corrected chi connectivity index (χ1v) is 6.66. The van der Waals surface area contributed by atoms with Gasteiger partial charge in [0.15, 0.2) is 5.03 Å². The van der Waals surface area contributed by atoms with Crippen molar-refractivity contribution in [3.63, 3.8) is 0 Å². The van der Waals surface area contributed by atoms with Crippen LogP contribution in [-0.2, 0) is 19.6 Å². The van der Waals surface area contributed by atoms with Gasteiger partial charge < -0.3 is 14.8 Å². The molecule has 0 bridgehead atoms. The Morgan fingerprint density at radius 2 is 2.39 bits per heavy atom. The lowest BCUT2D eigenvalue weighted by Gasteiger charge is -2.19. The van der Waals surface area contributed by atoms with Crippen LogP contribution in [0.25, 0.3) is 0 Å². The van der Waals surface area contributed by atoms with Gasteiger partial charge in [0.2, 0.25) is 0 Å². The van der Waals surface area contributed by atoms with Crippen molar-refractivity contribution >= 4 is 16.0 Å². The van der Waals surface area contributed by atoms with Gasteiger partial charge in [0.05, 0.1) is 18.6 Å². The normalized spacial score (nSPS) is 25.4. The lowest BCUT2D eigenvalue weighted by Crippen LogP contribution is -2.40. The fourth-order valence-electron chi connectivity index (χ4n) is 1.94. The number of hydrogen-bond donors (Lipinski definition) is 2. The number of carboxylic acid groups (broad SMARTS) is 1. The number of rotatable bonds is 4. The van der Waals surface area contributed by atoms with Crippen LogP contribution in [-0.4, -0.2) is 59.6 Å². The number of hydrogen-bond acceptors (Lipinski definition) is 5. The number of aromatic nitrogens is 2. The van der Waals surface area contributed by atoms with Crippen molar-refractivity contribution in [2.75, 3.05) is 13.7 Å². The van der Waals surface area contributed by atoms with E-state index in [2.05, 4.69) is 9.97 Å². The highest BCUT2D eigenvalue weighted by Gasteiger charge is 2.44. The molecule has 1 saturated heterocycles. The summed E-state index contributed by atoms with van der Waals surface area (Å²) in [6.45, 7) is 0.0226. The van der Waals surface area contributed by atoms with E-state index in [0.29, 0.717) is 0 Å². The van der Waals surface area contributed by atoms with Gasteiger partial charge in [-0.3, -0.25) is 4.79 Å². The van der Waals surface area contributed by atoms with Crippen LogP contribution in [0.5, 0.6) is 0 Å². The molecule has 1 fully saturated rings. The molecule has 1 aliphatic rings. The van der Waals surface area contributed by atoms with Crippen LogP contribution in [0.4, 0.5) is 0 Å². The monoisotopic (exact) mass is 275 g/mol. The second-order valence-electron chi connectivity index (χ2n) is 3.94. The summed E-state index contributed by atoms with van der Waals surface area (Å²) < 4.78 is 30.4. The molecule has 1 aromatic rings. The number of methoxy groups -OCH3 is 1. The zero-order valence-corrected chi connectivity index (χ0v) is 10.4. The zero-order chi connectivity index (χ0) is 13.3. The SMILES string of the molecule is COC1CC(C(=O)O)N(S(=O)(=O)c2cnc[nH]2)C1. The topological polar surface area (TPSA) is 113 Å². The smallest absolute Gasteiger partial charge is 0.322 e. The number of aliphatic carboxylic acids is 1. The molecule has 1 aliphatic heterocycles. The van der Waals surface area contributed by atoms with E-state index in [-0.39, 0.29) is 18.0 Å². The lowest BCUT2D eigenvalue weighted by molar-refractivity contribution is -0.140. The maximum absolute atomic E-state index is 12.2. The second kappa shape index (κ2) is 4.67. The highest BCUT2D eigenvalue weighted by molar-refractivity contribution is 7.89. The molecule has 2 rings (SSSR count). The number of aromatic amines is 1. The lowest BCUT2D eigenvalue weighted by atomic mass is 10.2. The number of carboxylic acids is 1. The van der Waals surface area contributed by atoms with Crippen molar-refractivity contribution in [2.24, 2.45) is 0 Å². The number of H-pyrrole nitrogens is 1. The number of carbonyl (C=O) groups is 1. The minimum absolute atomic E-state index is 0.0226. The summed E-state index contributed by atoms with van der Waals surface area (Å²) in [4.78, 5) is 17.2. The standard InChI is InChI=1S/C9H13N3O5S/c1-17-6-2-7(9(13)14)12(4-6)18(15,16)8-3-10-5-11-8/h3,5-7H,2,4H2,1H3,(H,10,11)(H,13,14). The van der Waals surface area contributed by atoms with E-state index in [1.54, 1.807) is 0 Å². The molecule has 2 unspecified atom stereocenters. The van der Waals surface area contributed by atoms with Gasteiger partial charge in [0, 0.05) is 20.1 Å². The van der Waals surface area contributed by atoms with Crippen LogP contribution in [0.15, 0.2) is 17.6 Å². The van der Waals surface area contributed by atoms with Crippen molar-refractivity contribution in [2.45, 2.75) is 23.6 Å². The first kappa shape index (κ1) is 13.0. The fraction of sp³-hybridized carbons (Fsp3) is 0.556. The number of nitrogens with zero attached hydrogens (tertiary/aromatic N) is 2. The number of ether oxygens (including phenoxy) is 1. The molecule has 0 aliphatic carbocycles. The van der Waals surface area contributed by atoms with Crippen LogP contribution in [0, 0.1) is 0 Å². The van der Waals surface area contributed by atoms with E-state index in [9.17, 15) is 13.2 Å². The van der Waals surface area contributed by atoms with E-state index in [1.807, 2.05) is 0 Å². The maximum atomic E-state index is 12.2. The van der Waals surface area contributed by atoms with Crippen molar-refractivity contribution < 1.29 is 23.1 Å². The summed E-state index contributed by atoms with van der Waals surface area (Å²) in [5.74, 6) is -1.18. The van der Waals surface area contributed by atoms with Gasteiger partial charge in [-0.1, -0.05) is 0 Å². The third kappa shape index (κ3) is 2.11. The summed E-state index contributed by atoms with van der Waals surface area (Å²) in [6.07, 6.45) is 2.10. The molecular weight excluding hydrogens is 262 g/mol. The second-order valence-corrected chi connectivity index (χ2v) is 5.80. The first-order chi connectivity index (χ1) is 8.46. The molecule has 9 heteroatoms. The van der Waals surface area contributed by atoms with E-state index in [0.717, 1.165) is 10.5 Å². The van der Waals surface area contributed by atoms with Crippen molar-refractivity contribution in [3.8, 4) is 0 Å². The number of nitrogens with one attached hydrogen (secondary N) is 1. The average Bonchev–Trinajstić information content (AvgIpc) is 2.98. The molecule has 100 valence electrons. The van der Waals surface area contributed by atoms with Crippen LogP contribution in [0.2, 0.25) is 0 Å². The van der Waals surface area contributed by atoms with Gasteiger partial charge in [0.1, 0.15) is 6.04 Å². The zero-order valence-electron chi connectivity index (χ0n) is 9.61. The van der Waals surface area contributed by atoms with E-state index < -0.39 is 28.1 Å². The number of imidazole rings is 1. The predicted molar refractivity (Wildman–Crippen MR) is 59.3 cm³/mol. The summed E-state index contributed by atoms with van der Waals surface area (Å²) in [5.41, 5.74) is 0. The molecule has 2 heterocycles. The summed E-state index contributed by atoms with van der Waals surface area (Å²) in [5, 5.41) is 8.95. The first-order valence-electron chi connectivity index (χ1n) is 5.22. The maximum Gasteiger partial charge on any atom is 0.322 e. The fourth-order valence-corrected chi connectivity index (χ4v) is 3.46. The van der Waals surface area contributed by atoms with Gasteiger partial charge in [-0.2, -0.15) is 4.31 Å². The van der Waals surface area contributed by atoms with E-state index in [1.165, 1.54) is 13.4 Å². The molecule has 18 heavy (non-hydrogen) atoms. The average molecular weight is 275 g/mol. The minimum Gasteiger partial charge on any atom is -0.480 e. The van der Waals surface area contributed by atoms with Gasteiger partial charge >= 0.3 is 5.97 Å². The molecular formula is C9H13N3O5S. The van der Waals surface area contributed by atoms with Crippen LogP contribution in [0.3, 0.4) is 0 Å². The van der Waals surface area contributed by atoms with Gasteiger partial charge in [-0.05, 0) is 0 Å². The third-order valence-electron chi connectivity index (χ3n) is 2.90. The Kier molecular flexibility index (Phi) is 3.37. The molecule has 0 aromatic carbocycles. The molecule has 1 aromatic heterocycles. The third-order valence-corrected chi connectivity index (χ3v) is 4.70. The van der Waals surface area contributed by atoms with E-state index >= 15 is 0 Å². The highest BCUT2D eigenvalue weighted by Crippen LogP contribution is 2.26. The predicted octanol–water partition coefficient (Wildman–Crippen LogP) is -0.728. The van der Waals surface area contributed by atoms with Crippen LogP contribution in [0.1, 0.15) is 6.42 Å². The quantitative estimate of drug-likeness (QED) is 0.749. The Hall–Kier alpha value is -1.45. The molecule has 2 atom stereocenters. The molecule has 8 nitrogen and oxygen atoms in total. The summed E-state index contributed by atoms with van der Waals surface area (Å²) in [6, 6.07) is -1.11. The molecule has 0 radical (unpaired) electrons. The van der Waals surface area contributed by atoms with Crippen molar-refractivity contribution in [3.05, 3.63) is 12.5 Å². The largest absolute Gasteiger partial charge is 0.480 e. The highest BCUT2D eigenvalue weighted by atomic mass is 32.2. The van der Waals surface area contributed by atoms with Crippen LogP contribution < -0.4 is 0 Å². The Balaban J connectivity index is 2.34. The Morgan fingerprint density at radius 1 is 1.67 bits per heavy atom. The minimum atomic E-state index is -3.88. The summed E-state index contributed by atoms with van der Waals surface area (Å²) >= 11 is 0. The molecule has 2 N–H and O–H groups in total. The van der Waals surface area contributed by atoms with Gasteiger partial charge in [-0.15, -0.1) is 0 Å². The van der Waals surface area contributed by atoms with Crippen LogP contribution >= 0.6 is 0 Å². The molecule has 0 amide bonds. The number of sulfonamides is 1. The summed E-state index contributed by atoms with van der Waals surface area (Å²) in [7, 11) is -2.45. The van der Waals surface area contributed by atoms with Crippen molar-refractivity contribution in [1.82, 2.24) is 14.3 Å². The Bertz CT molecular complexity index is 526. The molecule has 0 saturated carbocycles. The van der Waals surface area contributed by atoms with E-state index in [4.69, 9.17) is 9.84 Å². The Morgan fingerprint density at radius 3 is 2.89 bits per heavy atom.